The summed E-state index contributed by atoms with van der Waals surface area (Å²) in [5.74, 6) is 0.576. The lowest BCUT2D eigenvalue weighted by Gasteiger charge is -2.12. The van der Waals surface area contributed by atoms with E-state index in [1.165, 1.54) is 23.8 Å². The third-order valence-electron chi connectivity index (χ3n) is 4.05. The normalized spacial score (nSPS) is 11.4. The molecule has 0 saturated carbocycles. The Hall–Kier alpha value is -2.25. The Labute approximate surface area is 193 Å². The van der Waals surface area contributed by atoms with Gasteiger partial charge in [-0.2, -0.15) is 0 Å². The number of nitro groups is 1. The molecule has 164 valence electrons. The van der Waals surface area contributed by atoms with Gasteiger partial charge >= 0.3 is 0 Å². The third-order valence-corrected chi connectivity index (χ3v) is 5.51. The topological polar surface area (TPSA) is 126 Å². The maximum atomic E-state index is 12.3. The van der Waals surface area contributed by atoms with Gasteiger partial charge in [0.25, 0.3) is 5.69 Å². The molecular weight excluding hydrogens is 521 g/mol. The molecule has 0 aliphatic carbocycles. The third kappa shape index (κ3) is 8.63. The van der Waals surface area contributed by atoms with Crippen molar-refractivity contribution in [2.75, 3.05) is 26.7 Å². The van der Waals surface area contributed by atoms with Crippen LogP contribution < -0.4 is 15.4 Å². The van der Waals surface area contributed by atoms with E-state index in [1.807, 2.05) is 18.2 Å². The Morgan fingerprint density at radius 1 is 1.03 bits per heavy atom. The first-order chi connectivity index (χ1) is 13.9. The smallest absolute Gasteiger partial charge is 0.270 e. The van der Waals surface area contributed by atoms with Crippen molar-refractivity contribution in [2.24, 2.45) is 4.99 Å². The molecule has 0 heterocycles. The second kappa shape index (κ2) is 13.1. The minimum atomic E-state index is -3.83. The number of nitrogens with one attached hydrogen (secondary N) is 3. The van der Waals surface area contributed by atoms with Gasteiger partial charge in [0.2, 0.25) is 10.0 Å². The molecule has 9 nitrogen and oxygen atoms in total. The van der Waals surface area contributed by atoms with Crippen molar-refractivity contribution in [1.82, 2.24) is 15.4 Å². The van der Waals surface area contributed by atoms with Crippen LogP contribution in [0.5, 0.6) is 0 Å². The molecule has 0 aliphatic rings. The second-order valence-corrected chi connectivity index (χ2v) is 7.93. The molecule has 30 heavy (non-hydrogen) atoms. The molecule has 0 saturated heterocycles. The fourth-order valence-corrected chi connectivity index (χ4v) is 3.65. The van der Waals surface area contributed by atoms with Crippen LogP contribution in [-0.4, -0.2) is 46.0 Å². The number of guanidine groups is 1. The predicted octanol–water partition coefficient (Wildman–Crippen LogP) is 2.29. The standard InChI is InChI=1S/C19H25N5O4S.HI/c1-20-19(21-12-6-9-16-7-3-2-4-8-16)22-13-14-23-29(27,28)18-11-5-10-17(15-18)24(25)26;/h2-5,7-8,10-11,15,23H,6,9,12-14H2,1H3,(H2,20,21,22);1H. The number of aliphatic imine (C=N–C) groups is 1. The molecule has 0 aromatic heterocycles. The molecule has 2 aromatic rings. The van der Waals surface area contributed by atoms with Gasteiger partial charge in [-0.05, 0) is 24.5 Å². The SMILES string of the molecule is CN=C(NCCCc1ccccc1)NCCNS(=O)(=O)c1cccc([N+](=O)[O-])c1.I. The molecule has 0 fully saturated rings. The number of rotatable bonds is 10. The summed E-state index contributed by atoms with van der Waals surface area (Å²) in [6.45, 7) is 1.15. The number of nitro benzene ring substituents is 1. The first-order valence-corrected chi connectivity index (χ1v) is 10.6. The molecule has 0 radical (unpaired) electrons. The molecule has 11 heteroatoms. The number of aryl methyl sites for hydroxylation is 1. The van der Waals surface area contributed by atoms with Crippen LogP contribution in [0.25, 0.3) is 0 Å². The van der Waals surface area contributed by atoms with Gasteiger partial charge in [-0.25, -0.2) is 13.1 Å². The zero-order valence-corrected chi connectivity index (χ0v) is 19.7. The highest BCUT2D eigenvalue weighted by atomic mass is 127. The van der Waals surface area contributed by atoms with Gasteiger partial charge in [0.15, 0.2) is 5.96 Å². The van der Waals surface area contributed by atoms with E-state index >= 15 is 0 Å². The van der Waals surface area contributed by atoms with Crippen LogP contribution in [0.4, 0.5) is 5.69 Å². The summed E-state index contributed by atoms with van der Waals surface area (Å²) < 4.78 is 26.9. The maximum absolute atomic E-state index is 12.3. The summed E-state index contributed by atoms with van der Waals surface area (Å²) in [5.41, 5.74) is 0.999. The zero-order chi connectivity index (χ0) is 21.1. The van der Waals surface area contributed by atoms with Gasteiger partial charge in [0, 0.05) is 38.8 Å². The average Bonchev–Trinajstić information content (AvgIpc) is 2.73. The molecule has 2 rings (SSSR count). The van der Waals surface area contributed by atoms with E-state index in [1.54, 1.807) is 7.05 Å². The van der Waals surface area contributed by atoms with Crippen LogP contribution in [-0.2, 0) is 16.4 Å². The van der Waals surface area contributed by atoms with Crippen LogP contribution >= 0.6 is 24.0 Å². The Bertz CT molecular complexity index is 939. The Morgan fingerprint density at radius 2 is 1.73 bits per heavy atom. The molecule has 3 N–H and O–H groups in total. The van der Waals surface area contributed by atoms with Gasteiger partial charge in [-0.3, -0.25) is 15.1 Å². The van der Waals surface area contributed by atoms with E-state index in [9.17, 15) is 18.5 Å². The number of non-ortho nitro benzene ring substituents is 1. The van der Waals surface area contributed by atoms with E-state index in [0.29, 0.717) is 12.5 Å². The maximum Gasteiger partial charge on any atom is 0.270 e. The largest absolute Gasteiger partial charge is 0.356 e. The molecule has 2 aromatic carbocycles. The van der Waals surface area contributed by atoms with E-state index in [-0.39, 0.29) is 41.1 Å². The van der Waals surface area contributed by atoms with Gasteiger partial charge in [-0.15, -0.1) is 24.0 Å². The van der Waals surface area contributed by atoms with Crippen molar-refractivity contribution in [1.29, 1.82) is 0 Å². The number of nitrogens with zero attached hydrogens (tertiary/aromatic N) is 2. The molecule has 0 atom stereocenters. The minimum Gasteiger partial charge on any atom is -0.356 e. The quantitative estimate of drug-likeness (QED) is 0.105. The van der Waals surface area contributed by atoms with Gasteiger partial charge in [-0.1, -0.05) is 36.4 Å². The Morgan fingerprint density at radius 3 is 2.40 bits per heavy atom. The summed E-state index contributed by atoms with van der Waals surface area (Å²) in [7, 11) is -2.19. The van der Waals surface area contributed by atoms with E-state index in [2.05, 4.69) is 32.5 Å². The number of halogens is 1. The van der Waals surface area contributed by atoms with Crippen LogP contribution in [0.15, 0.2) is 64.5 Å². The van der Waals surface area contributed by atoms with Crippen LogP contribution in [0.3, 0.4) is 0 Å². The van der Waals surface area contributed by atoms with Crippen LogP contribution in [0.2, 0.25) is 0 Å². The first kappa shape index (κ1) is 25.8. The van der Waals surface area contributed by atoms with Crippen LogP contribution in [0, 0.1) is 10.1 Å². The summed E-state index contributed by atoms with van der Waals surface area (Å²) in [5, 5.41) is 17.0. The first-order valence-electron chi connectivity index (χ1n) is 9.15. The number of hydrogen-bond donors (Lipinski definition) is 3. The number of sulfonamides is 1. The number of hydrogen-bond acceptors (Lipinski definition) is 5. The zero-order valence-electron chi connectivity index (χ0n) is 16.6. The van der Waals surface area contributed by atoms with Crippen molar-refractivity contribution in [3.63, 3.8) is 0 Å². The Kier molecular flexibility index (Phi) is 11.3. The fourth-order valence-electron chi connectivity index (χ4n) is 2.58. The molecule has 0 unspecified atom stereocenters. The lowest BCUT2D eigenvalue weighted by molar-refractivity contribution is -0.385. The lowest BCUT2D eigenvalue weighted by atomic mass is 10.1. The second-order valence-electron chi connectivity index (χ2n) is 6.17. The van der Waals surface area contributed by atoms with Crippen molar-refractivity contribution in [3.05, 3.63) is 70.3 Å². The molecule has 0 aliphatic heterocycles. The highest BCUT2D eigenvalue weighted by Gasteiger charge is 2.16. The summed E-state index contributed by atoms with van der Waals surface area (Å²) in [6, 6.07) is 15.1. The Balaban J connectivity index is 0.00000450. The predicted molar refractivity (Wildman–Crippen MR) is 128 cm³/mol. The summed E-state index contributed by atoms with van der Waals surface area (Å²) >= 11 is 0. The highest BCUT2D eigenvalue weighted by Crippen LogP contribution is 2.16. The van der Waals surface area contributed by atoms with Crippen molar-refractivity contribution in [3.8, 4) is 0 Å². The number of benzene rings is 2. The fraction of sp³-hybridized carbons (Fsp3) is 0.316. The van der Waals surface area contributed by atoms with Gasteiger partial charge in [0.1, 0.15) is 0 Å². The van der Waals surface area contributed by atoms with Crippen molar-refractivity contribution in [2.45, 2.75) is 17.7 Å². The molecule has 0 bridgehead atoms. The van der Waals surface area contributed by atoms with Crippen molar-refractivity contribution >= 4 is 45.6 Å². The molecular formula is C19H26IN5O4S. The monoisotopic (exact) mass is 547 g/mol. The van der Waals surface area contributed by atoms with Crippen molar-refractivity contribution < 1.29 is 13.3 Å². The van der Waals surface area contributed by atoms with E-state index in [4.69, 9.17) is 0 Å². The summed E-state index contributed by atoms with van der Waals surface area (Å²) in [6.07, 6.45) is 1.89. The van der Waals surface area contributed by atoms with E-state index < -0.39 is 14.9 Å². The lowest BCUT2D eigenvalue weighted by Crippen LogP contribution is -2.41. The average molecular weight is 547 g/mol. The highest BCUT2D eigenvalue weighted by molar-refractivity contribution is 14.0. The van der Waals surface area contributed by atoms with E-state index in [0.717, 1.165) is 25.5 Å². The van der Waals surface area contributed by atoms with Crippen LogP contribution in [0.1, 0.15) is 12.0 Å². The molecule has 0 amide bonds. The summed E-state index contributed by atoms with van der Waals surface area (Å²) in [4.78, 5) is 14.1. The minimum absolute atomic E-state index is 0. The van der Waals surface area contributed by atoms with Gasteiger partial charge < -0.3 is 10.6 Å². The molecule has 0 spiro atoms. The van der Waals surface area contributed by atoms with Gasteiger partial charge in [0.05, 0.1) is 9.82 Å².